The highest BCUT2D eigenvalue weighted by Crippen LogP contribution is 2.29. The zero-order valence-corrected chi connectivity index (χ0v) is 20.0. The van der Waals surface area contributed by atoms with Crippen molar-refractivity contribution < 1.29 is 9.32 Å². The summed E-state index contributed by atoms with van der Waals surface area (Å²) in [5, 5.41) is 8.11. The third-order valence-electron chi connectivity index (χ3n) is 5.38. The van der Waals surface area contributed by atoms with E-state index < -0.39 is 0 Å². The van der Waals surface area contributed by atoms with Crippen molar-refractivity contribution in [3.8, 4) is 11.4 Å². The topological polar surface area (TPSA) is 71.3 Å². The summed E-state index contributed by atoms with van der Waals surface area (Å²) in [6, 6.07) is 11.0. The van der Waals surface area contributed by atoms with Gasteiger partial charge in [-0.15, -0.1) is 0 Å². The Morgan fingerprint density at radius 3 is 2.71 bits per heavy atom. The molecule has 0 atom stereocenters. The van der Waals surface area contributed by atoms with Gasteiger partial charge in [-0.25, -0.2) is 0 Å². The highest BCUT2D eigenvalue weighted by atomic mass is 79.9. The molecule has 1 aliphatic rings. The number of anilines is 1. The molecule has 6 nitrogen and oxygen atoms in total. The Bertz CT molecular complexity index is 1100. The van der Waals surface area contributed by atoms with Crippen LogP contribution in [0.1, 0.15) is 24.3 Å². The first kappa shape index (κ1) is 22.3. The number of carbonyl (C=O) groups is 1. The fraction of sp³-hybridized carbons (Fsp3) is 0.318. The van der Waals surface area contributed by atoms with Crippen LogP contribution in [-0.2, 0) is 11.3 Å². The summed E-state index contributed by atoms with van der Waals surface area (Å²) in [5.41, 5.74) is 2.60. The van der Waals surface area contributed by atoms with Gasteiger partial charge in [0.05, 0.1) is 11.6 Å². The Kier molecular flexibility index (Phi) is 6.96. The highest BCUT2D eigenvalue weighted by Gasteiger charge is 2.26. The van der Waals surface area contributed by atoms with E-state index in [1.54, 1.807) is 18.2 Å². The van der Waals surface area contributed by atoms with Gasteiger partial charge in [-0.2, -0.15) is 4.98 Å². The van der Waals surface area contributed by atoms with E-state index in [1.807, 2.05) is 25.1 Å². The normalized spacial score (nSPS) is 15.2. The van der Waals surface area contributed by atoms with E-state index in [2.05, 4.69) is 36.3 Å². The number of nitrogens with zero attached hydrogens (tertiary/aromatic N) is 3. The molecule has 1 fully saturated rings. The van der Waals surface area contributed by atoms with Gasteiger partial charge in [-0.05, 0) is 74.8 Å². The fourth-order valence-electron chi connectivity index (χ4n) is 3.61. The number of hydrogen-bond donors (Lipinski definition) is 1. The average Bonchev–Trinajstić information content (AvgIpc) is 3.19. The Morgan fingerprint density at radius 2 is 2.00 bits per heavy atom. The lowest BCUT2D eigenvalue weighted by Gasteiger charge is -2.30. The largest absolute Gasteiger partial charge is 0.338 e. The van der Waals surface area contributed by atoms with E-state index in [0.29, 0.717) is 33.9 Å². The van der Waals surface area contributed by atoms with Crippen LogP contribution < -0.4 is 5.32 Å². The van der Waals surface area contributed by atoms with Crippen LogP contribution in [0.2, 0.25) is 10.0 Å². The first-order valence-corrected chi connectivity index (χ1v) is 11.5. The van der Waals surface area contributed by atoms with E-state index in [0.717, 1.165) is 41.7 Å². The SMILES string of the molecule is Cc1cc(NC(=O)C2CCN(Cc3nc(-c4ccc(Cl)cc4Cl)no3)CC2)ccc1Br. The van der Waals surface area contributed by atoms with E-state index in [4.69, 9.17) is 27.7 Å². The van der Waals surface area contributed by atoms with Crippen LogP contribution in [0.3, 0.4) is 0 Å². The molecule has 1 N–H and O–H groups in total. The third-order valence-corrected chi connectivity index (χ3v) is 6.82. The molecule has 0 aliphatic carbocycles. The molecule has 3 aromatic rings. The average molecular weight is 524 g/mol. The van der Waals surface area contributed by atoms with Gasteiger partial charge < -0.3 is 9.84 Å². The minimum absolute atomic E-state index is 0.00803. The molecule has 4 rings (SSSR count). The predicted octanol–water partition coefficient (Wildman–Crippen LogP) is 5.97. The summed E-state index contributed by atoms with van der Waals surface area (Å²) in [6.45, 7) is 4.12. The lowest BCUT2D eigenvalue weighted by Crippen LogP contribution is -2.37. The number of rotatable bonds is 5. The molecule has 0 bridgehead atoms. The summed E-state index contributed by atoms with van der Waals surface area (Å²) in [5.74, 6) is 1.02. The van der Waals surface area contributed by atoms with E-state index >= 15 is 0 Å². The molecule has 1 aromatic heterocycles. The van der Waals surface area contributed by atoms with Crippen LogP contribution in [0.4, 0.5) is 5.69 Å². The Labute approximate surface area is 199 Å². The van der Waals surface area contributed by atoms with Crippen LogP contribution in [0.5, 0.6) is 0 Å². The van der Waals surface area contributed by atoms with E-state index in [1.165, 1.54) is 0 Å². The van der Waals surface area contributed by atoms with Gasteiger partial charge >= 0.3 is 0 Å². The Hall–Kier alpha value is -1.93. The molecule has 1 saturated heterocycles. The maximum absolute atomic E-state index is 12.6. The number of piperidine rings is 1. The molecule has 0 unspecified atom stereocenters. The van der Waals surface area contributed by atoms with Crippen molar-refractivity contribution in [2.24, 2.45) is 5.92 Å². The van der Waals surface area contributed by atoms with Gasteiger partial charge in [-0.3, -0.25) is 9.69 Å². The first-order valence-electron chi connectivity index (χ1n) is 9.96. The number of aromatic nitrogens is 2. The lowest BCUT2D eigenvalue weighted by atomic mass is 9.96. The quantitative estimate of drug-likeness (QED) is 0.446. The van der Waals surface area contributed by atoms with E-state index in [-0.39, 0.29) is 11.8 Å². The van der Waals surface area contributed by atoms with Crippen molar-refractivity contribution in [1.29, 1.82) is 0 Å². The van der Waals surface area contributed by atoms with Gasteiger partial charge in [0, 0.05) is 26.7 Å². The summed E-state index contributed by atoms with van der Waals surface area (Å²) < 4.78 is 6.43. The van der Waals surface area contributed by atoms with Crippen molar-refractivity contribution in [1.82, 2.24) is 15.0 Å². The molecule has 1 amide bonds. The number of likely N-dealkylation sites (tertiary alicyclic amines) is 1. The molecule has 1 aliphatic heterocycles. The zero-order chi connectivity index (χ0) is 22.0. The Balaban J connectivity index is 1.30. The third kappa shape index (κ3) is 5.47. The van der Waals surface area contributed by atoms with Gasteiger partial charge in [0.25, 0.3) is 0 Å². The number of nitrogens with one attached hydrogen (secondary N) is 1. The molecule has 31 heavy (non-hydrogen) atoms. The highest BCUT2D eigenvalue weighted by molar-refractivity contribution is 9.10. The van der Waals surface area contributed by atoms with Gasteiger partial charge in [0.2, 0.25) is 17.6 Å². The molecule has 162 valence electrons. The number of carbonyl (C=O) groups excluding carboxylic acids is 1. The fourth-order valence-corrected chi connectivity index (χ4v) is 4.35. The van der Waals surface area contributed by atoms with Crippen LogP contribution in [-0.4, -0.2) is 34.0 Å². The molecule has 9 heteroatoms. The van der Waals surface area contributed by atoms with Crippen molar-refractivity contribution in [3.63, 3.8) is 0 Å². The molecule has 0 radical (unpaired) electrons. The molecule has 0 saturated carbocycles. The van der Waals surface area contributed by atoms with Crippen LogP contribution in [0.25, 0.3) is 11.4 Å². The maximum Gasteiger partial charge on any atom is 0.241 e. The van der Waals surface area contributed by atoms with E-state index in [9.17, 15) is 4.79 Å². The monoisotopic (exact) mass is 522 g/mol. The number of amides is 1. The maximum atomic E-state index is 12.6. The second-order valence-corrected chi connectivity index (χ2v) is 9.34. The first-order chi connectivity index (χ1) is 14.9. The summed E-state index contributed by atoms with van der Waals surface area (Å²) in [7, 11) is 0. The van der Waals surface area contributed by atoms with Crippen LogP contribution in [0, 0.1) is 12.8 Å². The second kappa shape index (κ2) is 9.69. The second-order valence-electron chi connectivity index (χ2n) is 7.64. The number of aryl methyl sites for hydroxylation is 1. The number of halogens is 3. The molecule has 0 spiro atoms. The minimum Gasteiger partial charge on any atom is -0.338 e. The van der Waals surface area contributed by atoms with Crippen LogP contribution in [0.15, 0.2) is 45.4 Å². The number of hydrogen-bond acceptors (Lipinski definition) is 5. The smallest absolute Gasteiger partial charge is 0.241 e. The molecule has 2 heterocycles. The molecule has 2 aromatic carbocycles. The standard InChI is InChI=1S/C22H21BrCl2N4O2/c1-13-10-16(3-5-18(13)23)26-22(30)14-6-8-29(9-7-14)12-20-27-21(28-31-20)17-4-2-15(24)11-19(17)25/h2-5,10-11,14H,6-9,12H2,1H3,(H,26,30). The van der Waals surface area contributed by atoms with Crippen molar-refractivity contribution in [2.75, 3.05) is 18.4 Å². The summed E-state index contributed by atoms with van der Waals surface area (Å²) >= 11 is 15.7. The zero-order valence-electron chi connectivity index (χ0n) is 16.9. The van der Waals surface area contributed by atoms with Gasteiger partial charge in [-0.1, -0.05) is 44.3 Å². The number of benzene rings is 2. The Morgan fingerprint density at radius 1 is 1.23 bits per heavy atom. The summed E-state index contributed by atoms with van der Waals surface area (Å²) in [4.78, 5) is 19.3. The molecular formula is C22H21BrCl2N4O2. The van der Waals surface area contributed by atoms with Crippen molar-refractivity contribution >= 4 is 50.7 Å². The minimum atomic E-state index is -0.00803. The lowest BCUT2D eigenvalue weighted by molar-refractivity contribution is -0.121. The van der Waals surface area contributed by atoms with Crippen LogP contribution >= 0.6 is 39.1 Å². The molecular weight excluding hydrogens is 503 g/mol. The summed E-state index contributed by atoms with van der Waals surface area (Å²) in [6.07, 6.45) is 1.57. The predicted molar refractivity (Wildman–Crippen MR) is 125 cm³/mol. The van der Waals surface area contributed by atoms with Gasteiger partial charge in [0.1, 0.15) is 0 Å². The van der Waals surface area contributed by atoms with Crippen molar-refractivity contribution in [2.45, 2.75) is 26.3 Å². The van der Waals surface area contributed by atoms with Gasteiger partial charge in [0.15, 0.2) is 0 Å². The van der Waals surface area contributed by atoms with Crippen molar-refractivity contribution in [3.05, 3.63) is 62.4 Å².